The van der Waals surface area contributed by atoms with Crippen LogP contribution in [0.5, 0.6) is 5.75 Å². The van der Waals surface area contributed by atoms with Gasteiger partial charge in [-0.25, -0.2) is 4.79 Å². The van der Waals surface area contributed by atoms with Crippen LogP contribution in [0.4, 0.5) is 0 Å². The zero-order valence-electron chi connectivity index (χ0n) is 10.2. The van der Waals surface area contributed by atoms with Gasteiger partial charge in [0.05, 0.1) is 12.1 Å². The number of allylic oxidation sites excluding steroid dienone is 1. The van der Waals surface area contributed by atoms with E-state index >= 15 is 0 Å². The zero-order valence-corrected chi connectivity index (χ0v) is 10.2. The molecule has 0 radical (unpaired) electrons. The van der Waals surface area contributed by atoms with Crippen molar-refractivity contribution in [1.29, 1.82) is 0 Å². The molecule has 0 aliphatic carbocycles. The van der Waals surface area contributed by atoms with Gasteiger partial charge in [0.1, 0.15) is 5.75 Å². The van der Waals surface area contributed by atoms with Crippen molar-refractivity contribution in [2.24, 2.45) is 0 Å². The number of carboxylic acid groups (broad SMARTS) is 1. The van der Waals surface area contributed by atoms with Crippen LogP contribution >= 0.6 is 0 Å². The Labute approximate surface area is 105 Å². The van der Waals surface area contributed by atoms with Gasteiger partial charge in [0.2, 0.25) is 0 Å². The highest BCUT2D eigenvalue weighted by Gasteiger charge is 2.05. The Morgan fingerprint density at radius 1 is 1.44 bits per heavy atom. The first-order valence-electron chi connectivity index (χ1n) is 5.82. The Kier molecular flexibility index (Phi) is 3.67. The second-order valence-corrected chi connectivity index (χ2v) is 3.83. The summed E-state index contributed by atoms with van der Waals surface area (Å²) in [5, 5.41) is 9.60. The maximum absolute atomic E-state index is 10.4. The van der Waals surface area contributed by atoms with Crippen LogP contribution < -0.4 is 4.74 Å². The van der Waals surface area contributed by atoms with Gasteiger partial charge >= 0.3 is 5.97 Å². The van der Waals surface area contributed by atoms with Gasteiger partial charge in [-0.2, -0.15) is 0 Å². The second kappa shape index (κ2) is 5.40. The number of ether oxygens (including phenoxy) is 1. The van der Waals surface area contributed by atoms with Crippen LogP contribution in [0.25, 0.3) is 10.9 Å². The average molecular weight is 245 g/mol. The summed E-state index contributed by atoms with van der Waals surface area (Å²) in [4.78, 5) is 10.4. The van der Waals surface area contributed by atoms with Gasteiger partial charge in [-0.05, 0) is 25.1 Å². The first-order valence-corrected chi connectivity index (χ1v) is 5.82. The van der Waals surface area contributed by atoms with Crippen LogP contribution in [-0.2, 0) is 11.3 Å². The van der Waals surface area contributed by atoms with Gasteiger partial charge in [0.15, 0.2) is 0 Å². The monoisotopic (exact) mass is 245 g/mol. The molecular formula is C14H15NO3. The number of aromatic nitrogens is 1. The molecule has 4 heteroatoms. The van der Waals surface area contributed by atoms with E-state index in [1.54, 1.807) is 6.08 Å². The van der Waals surface area contributed by atoms with E-state index in [4.69, 9.17) is 9.84 Å². The Balaban J connectivity index is 2.30. The minimum Gasteiger partial charge on any atom is -0.493 e. The molecule has 1 aromatic heterocycles. The van der Waals surface area contributed by atoms with Crippen LogP contribution in [-0.4, -0.2) is 22.2 Å². The van der Waals surface area contributed by atoms with Crippen LogP contribution in [0.3, 0.4) is 0 Å². The molecule has 2 rings (SSSR count). The van der Waals surface area contributed by atoms with Gasteiger partial charge < -0.3 is 14.4 Å². The van der Waals surface area contributed by atoms with Crippen LogP contribution in [0.2, 0.25) is 0 Å². The fourth-order valence-electron chi connectivity index (χ4n) is 1.90. The largest absolute Gasteiger partial charge is 0.493 e. The van der Waals surface area contributed by atoms with Crippen LogP contribution in [0, 0.1) is 0 Å². The highest BCUT2D eigenvalue weighted by Crippen LogP contribution is 2.26. The van der Waals surface area contributed by atoms with Crippen LogP contribution in [0.1, 0.15) is 6.92 Å². The summed E-state index contributed by atoms with van der Waals surface area (Å²) >= 11 is 0. The topological polar surface area (TPSA) is 51.5 Å². The predicted molar refractivity (Wildman–Crippen MR) is 69.9 cm³/mol. The molecule has 0 spiro atoms. The minimum atomic E-state index is -0.929. The van der Waals surface area contributed by atoms with Crippen molar-refractivity contribution in [3.05, 3.63) is 42.6 Å². The van der Waals surface area contributed by atoms with Crippen molar-refractivity contribution in [3.63, 3.8) is 0 Å². The first-order chi connectivity index (χ1) is 8.72. The lowest BCUT2D eigenvalue weighted by Crippen LogP contribution is -1.95. The third-order valence-electron chi connectivity index (χ3n) is 2.64. The molecule has 0 fully saturated rings. The van der Waals surface area contributed by atoms with Crippen molar-refractivity contribution >= 4 is 16.9 Å². The molecule has 0 amide bonds. The van der Waals surface area contributed by atoms with E-state index in [2.05, 4.69) is 0 Å². The molecule has 2 aromatic rings. The van der Waals surface area contributed by atoms with Gasteiger partial charge in [-0.15, -0.1) is 0 Å². The highest BCUT2D eigenvalue weighted by atomic mass is 16.5. The van der Waals surface area contributed by atoms with E-state index in [-0.39, 0.29) is 0 Å². The number of aliphatic carboxylic acids is 1. The summed E-state index contributed by atoms with van der Waals surface area (Å²) in [6, 6.07) is 7.84. The Hall–Kier alpha value is -2.23. The van der Waals surface area contributed by atoms with Crippen LogP contribution in [0.15, 0.2) is 42.6 Å². The van der Waals surface area contributed by atoms with E-state index in [1.165, 1.54) is 0 Å². The van der Waals surface area contributed by atoms with E-state index in [0.29, 0.717) is 13.2 Å². The average Bonchev–Trinajstić information content (AvgIpc) is 2.74. The van der Waals surface area contributed by atoms with E-state index in [0.717, 1.165) is 22.7 Å². The van der Waals surface area contributed by atoms with Gasteiger partial charge in [0, 0.05) is 24.2 Å². The fourth-order valence-corrected chi connectivity index (χ4v) is 1.90. The summed E-state index contributed by atoms with van der Waals surface area (Å²) in [6.07, 6.45) is 4.70. The third-order valence-corrected chi connectivity index (χ3v) is 2.64. The van der Waals surface area contributed by atoms with Gasteiger partial charge in [-0.3, -0.25) is 0 Å². The highest BCUT2D eigenvalue weighted by molar-refractivity contribution is 5.86. The summed E-state index contributed by atoms with van der Waals surface area (Å²) < 4.78 is 7.53. The number of fused-ring (bicyclic) bond motifs is 1. The smallest absolute Gasteiger partial charge is 0.328 e. The maximum Gasteiger partial charge on any atom is 0.328 e. The molecule has 94 valence electrons. The number of rotatable bonds is 5. The molecule has 1 heterocycles. The SMILES string of the molecule is CCOc1cccc2c1ccn2C/C=C/C(=O)O. The number of hydrogen-bond acceptors (Lipinski definition) is 2. The molecule has 0 atom stereocenters. The lowest BCUT2D eigenvalue weighted by Gasteiger charge is -2.05. The summed E-state index contributed by atoms with van der Waals surface area (Å²) in [6.45, 7) is 3.11. The van der Waals surface area contributed by atoms with Gasteiger partial charge in [0.25, 0.3) is 0 Å². The molecule has 0 saturated heterocycles. The molecule has 0 aliphatic rings. The number of carbonyl (C=O) groups is 1. The van der Waals surface area contributed by atoms with Crippen molar-refractivity contribution in [3.8, 4) is 5.75 Å². The van der Waals surface area contributed by atoms with Crippen molar-refractivity contribution in [1.82, 2.24) is 4.57 Å². The molecule has 0 bridgehead atoms. The van der Waals surface area contributed by atoms with Gasteiger partial charge in [-0.1, -0.05) is 12.1 Å². The van der Waals surface area contributed by atoms with E-state index < -0.39 is 5.97 Å². The predicted octanol–water partition coefficient (Wildman–Crippen LogP) is 2.68. The first kappa shape index (κ1) is 12.2. The zero-order chi connectivity index (χ0) is 13.0. The normalized spacial score (nSPS) is 11.2. The lowest BCUT2D eigenvalue weighted by atomic mass is 10.2. The second-order valence-electron chi connectivity index (χ2n) is 3.83. The molecule has 0 aliphatic heterocycles. The van der Waals surface area contributed by atoms with E-state index in [1.807, 2.05) is 42.0 Å². The Bertz CT molecular complexity index is 584. The molecule has 4 nitrogen and oxygen atoms in total. The summed E-state index contributed by atoms with van der Waals surface area (Å²) in [5.74, 6) is -0.0718. The van der Waals surface area contributed by atoms with Crippen molar-refractivity contribution < 1.29 is 14.6 Å². The number of carboxylic acids is 1. The molecule has 18 heavy (non-hydrogen) atoms. The molecule has 0 saturated carbocycles. The Morgan fingerprint density at radius 3 is 3.00 bits per heavy atom. The molecular weight excluding hydrogens is 230 g/mol. The quantitative estimate of drug-likeness (QED) is 0.824. The van der Waals surface area contributed by atoms with Crippen molar-refractivity contribution in [2.75, 3.05) is 6.61 Å². The molecule has 1 aromatic carbocycles. The molecule has 1 N–H and O–H groups in total. The Morgan fingerprint density at radius 2 is 2.28 bits per heavy atom. The lowest BCUT2D eigenvalue weighted by molar-refractivity contribution is -0.131. The van der Waals surface area contributed by atoms with E-state index in [9.17, 15) is 4.79 Å². The number of nitrogens with zero attached hydrogens (tertiary/aromatic N) is 1. The third kappa shape index (κ3) is 2.53. The summed E-state index contributed by atoms with van der Waals surface area (Å²) in [7, 11) is 0. The maximum atomic E-state index is 10.4. The number of benzene rings is 1. The fraction of sp³-hybridized carbons (Fsp3) is 0.214. The summed E-state index contributed by atoms with van der Waals surface area (Å²) in [5.41, 5.74) is 1.04. The van der Waals surface area contributed by atoms with Crippen molar-refractivity contribution in [2.45, 2.75) is 13.5 Å². The standard InChI is InChI=1S/C14H15NO3/c1-2-18-13-6-3-5-12-11(13)8-10-15(12)9-4-7-14(16)17/h3-8,10H,2,9H2,1H3,(H,16,17)/b7-4+. The molecule has 0 unspecified atom stereocenters. The minimum absolute atomic E-state index is 0.533. The number of hydrogen-bond donors (Lipinski definition) is 1.